The van der Waals surface area contributed by atoms with Crippen molar-refractivity contribution in [3.05, 3.63) is 48.0 Å². The number of nitrogens with one attached hydrogen (secondary N) is 1. The van der Waals surface area contributed by atoms with E-state index in [4.69, 9.17) is 14.2 Å². The molecule has 0 aliphatic carbocycles. The Bertz CT molecular complexity index is 757. The predicted molar refractivity (Wildman–Crippen MR) is 101 cm³/mol. The summed E-state index contributed by atoms with van der Waals surface area (Å²) in [6.07, 6.45) is 0. The van der Waals surface area contributed by atoms with Crippen molar-refractivity contribution in [2.75, 3.05) is 50.2 Å². The highest BCUT2D eigenvalue weighted by atomic mass is 16.5. The van der Waals surface area contributed by atoms with Crippen molar-refractivity contribution in [3.8, 4) is 11.5 Å². The first-order valence-corrected chi connectivity index (χ1v) is 8.66. The van der Waals surface area contributed by atoms with Crippen LogP contribution in [0, 0.1) is 6.92 Å². The van der Waals surface area contributed by atoms with Gasteiger partial charge in [0.25, 0.3) is 5.91 Å². The summed E-state index contributed by atoms with van der Waals surface area (Å²) in [5.41, 5.74) is 2.67. The van der Waals surface area contributed by atoms with Crippen LogP contribution in [0.1, 0.15) is 5.56 Å². The van der Waals surface area contributed by atoms with Crippen molar-refractivity contribution in [1.82, 2.24) is 0 Å². The second-order valence-corrected chi connectivity index (χ2v) is 6.08. The average Bonchev–Trinajstić information content (AvgIpc) is 2.68. The summed E-state index contributed by atoms with van der Waals surface area (Å²) in [4.78, 5) is 14.6. The van der Waals surface area contributed by atoms with Crippen LogP contribution in [0.25, 0.3) is 0 Å². The number of aryl methyl sites for hydroxylation is 1. The molecule has 1 heterocycles. The van der Waals surface area contributed by atoms with Gasteiger partial charge >= 0.3 is 0 Å². The lowest BCUT2D eigenvalue weighted by Gasteiger charge is -2.30. The summed E-state index contributed by atoms with van der Waals surface area (Å²) in [5, 5.41) is 2.95. The van der Waals surface area contributed by atoms with Crippen LogP contribution in [-0.2, 0) is 9.53 Å². The number of nitrogens with zero attached hydrogens (tertiary/aromatic N) is 1. The van der Waals surface area contributed by atoms with Crippen LogP contribution >= 0.6 is 0 Å². The normalized spacial score (nSPS) is 14.0. The Morgan fingerprint density at radius 1 is 1.19 bits per heavy atom. The van der Waals surface area contributed by atoms with Crippen molar-refractivity contribution in [2.45, 2.75) is 6.92 Å². The lowest BCUT2D eigenvalue weighted by Crippen LogP contribution is -2.37. The molecule has 1 fully saturated rings. The van der Waals surface area contributed by atoms with Crippen molar-refractivity contribution in [2.24, 2.45) is 0 Å². The van der Waals surface area contributed by atoms with Crippen molar-refractivity contribution in [3.63, 3.8) is 0 Å². The predicted octanol–water partition coefficient (Wildman–Crippen LogP) is 2.86. The van der Waals surface area contributed by atoms with Gasteiger partial charge in [0.15, 0.2) is 6.61 Å². The number of hydrogen-bond donors (Lipinski definition) is 1. The van der Waals surface area contributed by atoms with Crippen molar-refractivity contribution < 1.29 is 19.0 Å². The Morgan fingerprint density at radius 3 is 2.69 bits per heavy atom. The lowest BCUT2D eigenvalue weighted by atomic mass is 10.2. The van der Waals surface area contributed by atoms with Crippen molar-refractivity contribution in [1.29, 1.82) is 0 Å². The maximum atomic E-state index is 12.4. The van der Waals surface area contributed by atoms with Gasteiger partial charge < -0.3 is 24.4 Å². The number of anilines is 2. The van der Waals surface area contributed by atoms with E-state index in [0.29, 0.717) is 30.4 Å². The minimum absolute atomic E-state index is 0.0510. The number of morpholine rings is 1. The maximum absolute atomic E-state index is 12.4. The van der Waals surface area contributed by atoms with Gasteiger partial charge in [-0.3, -0.25) is 4.79 Å². The lowest BCUT2D eigenvalue weighted by molar-refractivity contribution is -0.118. The molecular formula is C20H24N2O4. The third-order valence-corrected chi connectivity index (χ3v) is 4.28. The third kappa shape index (κ3) is 4.46. The fourth-order valence-electron chi connectivity index (χ4n) is 2.87. The molecule has 2 aromatic carbocycles. The molecule has 0 bridgehead atoms. The molecule has 1 aliphatic rings. The van der Waals surface area contributed by atoms with Crippen LogP contribution < -0.4 is 19.7 Å². The van der Waals surface area contributed by atoms with Crippen LogP contribution in [0.3, 0.4) is 0 Å². The topological polar surface area (TPSA) is 60.0 Å². The zero-order chi connectivity index (χ0) is 18.4. The Kier molecular flexibility index (Phi) is 5.96. The molecule has 0 atom stereocenters. The fourth-order valence-corrected chi connectivity index (χ4v) is 2.87. The van der Waals surface area contributed by atoms with E-state index in [9.17, 15) is 4.79 Å². The Labute approximate surface area is 153 Å². The number of rotatable bonds is 6. The standard InChI is InChI=1S/C20H24N2O4/c1-15-5-3-4-6-19(15)26-14-20(23)21-17-13-16(24-2)7-8-18(17)22-9-11-25-12-10-22/h3-8,13H,9-12,14H2,1-2H3,(H,21,23). The Balaban J connectivity index is 1.70. The number of carbonyl (C=O) groups excluding carboxylic acids is 1. The van der Waals surface area contributed by atoms with Gasteiger partial charge in [0.1, 0.15) is 11.5 Å². The van der Waals surface area contributed by atoms with E-state index in [-0.39, 0.29) is 12.5 Å². The summed E-state index contributed by atoms with van der Waals surface area (Å²) in [6.45, 7) is 4.83. The van der Waals surface area contributed by atoms with Gasteiger partial charge in [0, 0.05) is 19.2 Å². The van der Waals surface area contributed by atoms with Crippen LogP contribution in [0.4, 0.5) is 11.4 Å². The monoisotopic (exact) mass is 356 g/mol. The van der Waals surface area contributed by atoms with E-state index >= 15 is 0 Å². The molecule has 1 amide bonds. The molecule has 0 saturated carbocycles. The molecule has 1 saturated heterocycles. The number of carbonyl (C=O) groups is 1. The Morgan fingerprint density at radius 2 is 1.96 bits per heavy atom. The highest BCUT2D eigenvalue weighted by molar-refractivity contribution is 5.95. The number of benzene rings is 2. The fraction of sp³-hybridized carbons (Fsp3) is 0.350. The molecule has 138 valence electrons. The third-order valence-electron chi connectivity index (χ3n) is 4.28. The van der Waals surface area contributed by atoms with Crippen LogP contribution in [0.2, 0.25) is 0 Å². The van der Waals surface area contributed by atoms with E-state index in [1.54, 1.807) is 7.11 Å². The van der Waals surface area contributed by atoms with E-state index in [1.807, 2.05) is 49.4 Å². The highest BCUT2D eigenvalue weighted by Gasteiger charge is 2.17. The number of hydrogen-bond acceptors (Lipinski definition) is 5. The van der Waals surface area contributed by atoms with E-state index in [2.05, 4.69) is 10.2 Å². The molecule has 26 heavy (non-hydrogen) atoms. The average molecular weight is 356 g/mol. The molecule has 6 heteroatoms. The van der Waals surface area contributed by atoms with Gasteiger partial charge in [-0.2, -0.15) is 0 Å². The summed E-state index contributed by atoms with van der Waals surface area (Å²) in [6, 6.07) is 13.3. The van der Waals surface area contributed by atoms with Crippen LogP contribution in [0.5, 0.6) is 11.5 Å². The molecule has 1 N–H and O–H groups in total. The van der Waals surface area contributed by atoms with Crippen molar-refractivity contribution >= 4 is 17.3 Å². The maximum Gasteiger partial charge on any atom is 0.262 e. The molecular weight excluding hydrogens is 332 g/mol. The summed E-state index contributed by atoms with van der Waals surface area (Å²) >= 11 is 0. The van der Waals surface area contributed by atoms with E-state index < -0.39 is 0 Å². The summed E-state index contributed by atoms with van der Waals surface area (Å²) in [7, 11) is 1.61. The number of ether oxygens (including phenoxy) is 3. The quantitative estimate of drug-likeness (QED) is 0.862. The smallest absolute Gasteiger partial charge is 0.262 e. The first-order valence-electron chi connectivity index (χ1n) is 8.66. The number of para-hydroxylation sites is 1. The van der Waals surface area contributed by atoms with Crippen LogP contribution in [-0.4, -0.2) is 45.9 Å². The second-order valence-electron chi connectivity index (χ2n) is 6.08. The molecule has 1 aliphatic heterocycles. The second kappa shape index (κ2) is 8.58. The van der Waals surface area contributed by atoms with E-state index in [0.717, 1.165) is 24.3 Å². The highest BCUT2D eigenvalue weighted by Crippen LogP contribution is 2.31. The van der Waals surface area contributed by atoms with Gasteiger partial charge in [-0.05, 0) is 30.7 Å². The Hall–Kier alpha value is -2.73. The zero-order valence-corrected chi connectivity index (χ0v) is 15.2. The number of methoxy groups -OCH3 is 1. The minimum Gasteiger partial charge on any atom is -0.497 e. The van der Waals surface area contributed by atoms with Gasteiger partial charge in [-0.25, -0.2) is 0 Å². The molecule has 0 radical (unpaired) electrons. The zero-order valence-electron chi connectivity index (χ0n) is 15.2. The molecule has 0 unspecified atom stereocenters. The summed E-state index contributed by atoms with van der Waals surface area (Å²) in [5.74, 6) is 1.19. The molecule has 0 aromatic heterocycles. The van der Waals surface area contributed by atoms with Gasteiger partial charge in [-0.1, -0.05) is 18.2 Å². The summed E-state index contributed by atoms with van der Waals surface area (Å²) < 4.78 is 16.3. The largest absolute Gasteiger partial charge is 0.497 e. The van der Waals surface area contributed by atoms with Gasteiger partial charge in [0.05, 0.1) is 31.7 Å². The molecule has 3 rings (SSSR count). The molecule has 6 nitrogen and oxygen atoms in total. The van der Waals surface area contributed by atoms with Crippen LogP contribution in [0.15, 0.2) is 42.5 Å². The van der Waals surface area contributed by atoms with Gasteiger partial charge in [-0.15, -0.1) is 0 Å². The minimum atomic E-state index is -0.212. The molecule has 0 spiro atoms. The van der Waals surface area contributed by atoms with Gasteiger partial charge in [0.2, 0.25) is 0 Å². The first-order chi connectivity index (χ1) is 12.7. The molecule has 2 aromatic rings. The SMILES string of the molecule is COc1ccc(N2CCOCC2)c(NC(=O)COc2ccccc2C)c1. The number of amides is 1. The van der Waals surface area contributed by atoms with E-state index in [1.165, 1.54) is 0 Å². The first kappa shape index (κ1) is 18.1.